The van der Waals surface area contributed by atoms with Crippen molar-refractivity contribution in [3.05, 3.63) is 71.5 Å². The van der Waals surface area contributed by atoms with Gasteiger partial charge in [0.2, 0.25) is 5.91 Å². The zero-order chi connectivity index (χ0) is 21.5. The number of nitrogens with zero attached hydrogens (tertiary/aromatic N) is 1. The standard InChI is InChI=1S/C24H30FN3O2/c1-17(2)22(27-23(29)19-10-12-20(25)13-11-19)24(30)26-15-21-9-6-14-28(21)16-18-7-4-3-5-8-18/h3-5,7-8,10-13,17,21-22H,6,9,14-16H2,1-2H3,(H,26,30)(H,27,29)/t21-,22-/m0/s1. The number of carbonyl (C=O) groups excluding carboxylic acids is 2. The Hall–Kier alpha value is -2.73. The van der Waals surface area contributed by atoms with E-state index in [1.54, 1.807) is 0 Å². The monoisotopic (exact) mass is 411 g/mol. The van der Waals surface area contributed by atoms with Crippen molar-refractivity contribution in [2.24, 2.45) is 5.92 Å². The molecular weight excluding hydrogens is 381 g/mol. The van der Waals surface area contributed by atoms with E-state index >= 15 is 0 Å². The summed E-state index contributed by atoms with van der Waals surface area (Å²) in [6.45, 7) is 6.24. The van der Waals surface area contributed by atoms with Gasteiger partial charge in [0.05, 0.1) is 0 Å². The SMILES string of the molecule is CC(C)[C@H](NC(=O)c1ccc(F)cc1)C(=O)NC[C@@H]1CCCN1Cc1ccccc1. The van der Waals surface area contributed by atoms with Crippen LogP contribution in [0.15, 0.2) is 54.6 Å². The van der Waals surface area contributed by atoms with E-state index in [2.05, 4.69) is 27.7 Å². The van der Waals surface area contributed by atoms with Crippen molar-refractivity contribution < 1.29 is 14.0 Å². The van der Waals surface area contributed by atoms with Crippen LogP contribution in [0.4, 0.5) is 4.39 Å². The Bertz CT molecular complexity index is 839. The number of benzene rings is 2. The zero-order valence-corrected chi connectivity index (χ0v) is 17.6. The van der Waals surface area contributed by atoms with Crippen molar-refractivity contribution >= 4 is 11.8 Å². The molecule has 0 aromatic heterocycles. The molecule has 1 aliphatic heterocycles. The molecule has 1 fully saturated rings. The largest absolute Gasteiger partial charge is 0.353 e. The third kappa shape index (κ3) is 5.89. The fourth-order valence-corrected chi connectivity index (χ4v) is 3.84. The van der Waals surface area contributed by atoms with E-state index in [4.69, 9.17) is 0 Å². The van der Waals surface area contributed by atoms with E-state index in [9.17, 15) is 14.0 Å². The van der Waals surface area contributed by atoms with Crippen LogP contribution in [0.3, 0.4) is 0 Å². The number of halogens is 1. The first-order valence-electron chi connectivity index (χ1n) is 10.6. The highest BCUT2D eigenvalue weighted by atomic mass is 19.1. The third-order valence-corrected chi connectivity index (χ3v) is 5.58. The average Bonchev–Trinajstić information content (AvgIpc) is 3.18. The molecule has 5 nitrogen and oxygen atoms in total. The summed E-state index contributed by atoms with van der Waals surface area (Å²) in [6, 6.07) is 15.3. The van der Waals surface area contributed by atoms with Crippen LogP contribution in [-0.4, -0.2) is 41.9 Å². The first-order valence-corrected chi connectivity index (χ1v) is 10.6. The van der Waals surface area contributed by atoms with Gasteiger partial charge in [-0.05, 0) is 55.1 Å². The fourth-order valence-electron chi connectivity index (χ4n) is 3.84. The van der Waals surface area contributed by atoms with Crippen molar-refractivity contribution in [3.63, 3.8) is 0 Å². The van der Waals surface area contributed by atoms with Gasteiger partial charge in [-0.2, -0.15) is 0 Å². The van der Waals surface area contributed by atoms with Gasteiger partial charge in [-0.15, -0.1) is 0 Å². The molecule has 30 heavy (non-hydrogen) atoms. The predicted octanol–water partition coefficient (Wildman–Crippen LogP) is 3.36. The summed E-state index contributed by atoms with van der Waals surface area (Å²) in [5, 5.41) is 5.82. The molecule has 2 amide bonds. The normalized spacial score (nSPS) is 17.7. The zero-order valence-electron chi connectivity index (χ0n) is 17.6. The van der Waals surface area contributed by atoms with Crippen molar-refractivity contribution in [2.45, 2.75) is 45.3 Å². The van der Waals surface area contributed by atoms with Gasteiger partial charge in [-0.3, -0.25) is 14.5 Å². The number of amides is 2. The number of carbonyl (C=O) groups is 2. The Kier molecular flexibility index (Phi) is 7.57. The van der Waals surface area contributed by atoms with E-state index in [0.29, 0.717) is 12.1 Å². The molecule has 1 saturated heterocycles. The molecule has 1 aliphatic rings. The van der Waals surface area contributed by atoms with Crippen molar-refractivity contribution in [2.75, 3.05) is 13.1 Å². The topological polar surface area (TPSA) is 61.4 Å². The molecule has 2 atom stereocenters. The van der Waals surface area contributed by atoms with Crippen LogP contribution in [0.2, 0.25) is 0 Å². The molecule has 0 bridgehead atoms. The summed E-state index contributed by atoms with van der Waals surface area (Å²) in [5.41, 5.74) is 1.60. The van der Waals surface area contributed by atoms with Crippen LogP contribution in [0.25, 0.3) is 0 Å². The Morgan fingerprint density at radius 2 is 1.80 bits per heavy atom. The van der Waals surface area contributed by atoms with Gasteiger partial charge >= 0.3 is 0 Å². The lowest BCUT2D eigenvalue weighted by Crippen LogP contribution is -2.51. The minimum atomic E-state index is -0.647. The minimum absolute atomic E-state index is 0.0709. The highest BCUT2D eigenvalue weighted by Crippen LogP contribution is 2.19. The minimum Gasteiger partial charge on any atom is -0.353 e. The molecule has 2 N–H and O–H groups in total. The molecule has 0 spiro atoms. The van der Waals surface area contributed by atoms with E-state index < -0.39 is 11.9 Å². The van der Waals surface area contributed by atoms with Gasteiger partial charge in [0.1, 0.15) is 11.9 Å². The second-order valence-corrected chi connectivity index (χ2v) is 8.20. The Labute approximate surface area is 177 Å². The van der Waals surface area contributed by atoms with Gasteiger partial charge in [0, 0.05) is 24.7 Å². The van der Waals surface area contributed by atoms with Crippen LogP contribution < -0.4 is 10.6 Å². The second-order valence-electron chi connectivity index (χ2n) is 8.20. The Morgan fingerprint density at radius 3 is 2.47 bits per heavy atom. The molecule has 0 aliphatic carbocycles. The van der Waals surface area contributed by atoms with Gasteiger partial charge in [-0.1, -0.05) is 44.2 Å². The molecular formula is C24H30FN3O2. The van der Waals surface area contributed by atoms with E-state index in [1.165, 1.54) is 29.8 Å². The molecule has 0 radical (unpaired) electrons. The van der Waals surface area contributed by atoms with Gasteiger partial charge in [-0.25, -0.2) is 4.39 Å². The Morgan fingerprint density at radius 1 is 1.10 bits per heavy atom. The second kappa shape index (κ2) is 10.3. The molecule has 3 rings (SSSR count). The summed E-state index contributed by atoms with van der Waals surface area (Å²) in [7, 11) is 0. The van der Waals surface area contributed by atoms with Crippen molar-refractivity contribution in [1.82, 2.24) is 15.5 Å². The molecule has 2 aromatic carbocycles. The summed E-state index contributed by atoms with van der Waals surface area (Å²) in [4.78, 5) is 27.7. The van der Waals surface area contributed by atoms with Crippen LogP contribution in [-0.2, 0) is 11.3 Å². The third-order valence-electron chi connectivity index (χ3n) is 5.58. The van der Waals surface area contributed by atoms with Crippen LogP contribution in [0, 0.1) is 11.7 Å². The predicted molar refractivity (Wildman–Crippen MR) is 115 cm³/mol. The number of likely N-dealkylation sites (tertiary alicyclic amines) is 1. The van der Waals surface area contributed by atoms with Crippen LogP contribution in [0.5, 0.6) is 0 Å². The number of nitrogens with one attached hydrogen (secondary N) is 2. The lowest BCUT2D eigenvalue weighted by molar-refractivity contribution is -0.124. The van der Waals surface area contributed by atoms with E-state index in [0.717, 1.165) is 25.9 Å². The Balaban J connectivity index is 1.55. The quantitative estimate of drug-likeness (QED) is 0.700. The lowest BCUT2D eigenvalue weighted by Gasteiger charge is -2.27. The van der Waals surface area contributed by atoms with Crippen LogP contribution in [0.1, 0.15) is 42.6 Å². The maximum atomic E-state index is 13.1. The van der Waals surface area contributed by atoms with E-state index in [-0.39, 0.29) is 23.8 Å². The molecule has 0 saturated carbocycles. The van der Waals surface area contributed by atoms with Crippen molar-refractivity contribution in [1.29, 1.82) is 0 Å². The number of hydrogen-bond donors (Lipinski definition) is 2. The summed E-state index contributed by atoms with van der Waals surface area (Å²) < 4.78 is 13.1. The molecule has 2 aromatic rings. The van der Waals surface area contributed by atoms with Gasteiger partial charge in [0.25, 0.3) is 5.91 Å². The maximum absolute atomic E-state index is 13.1. The maximum Gasteiger partial charge on any atom is 0.251 e. The molecule has 0 unspecified atom stereocenters. The number of hydrogen-bond acceptors (Lipinski definition) is 3. The highest BCUT2D eigenvalue weighted by molar-refractivity contribution is 5.97. The first-order chi connectivity index (χ1) is 14.4. The molecule has 160 valence electrons. The highest BCUT2D eigenvalue weighted by Gasteiger charge is 2.28. The lowest BCUT2D eigenvalue weighted by atomic mass is 10.0. The molecule has 1 heterocycles. The summed E-state index contributed by atoms with van der Waals surface area (Å²) in [6.07, 6.45) is 2.16. The number of rotatable bonds is 8. The van der Waals surface area contributed by atoms with Gasteiger partial charge in [0.15, 0.2) is 0 Å². The fraction of sp³-hybridized carbons (Fsp3) is 0.417. The van der Waals surface area contributed by atoms with E-state index in [1.807, 2.05) is 32.0 Å². The smallest absolute Gasteiger partial charge is 0.251 e. The summed E-state index contributed by atoms with van der Waals surface area (Å²) >= 11 is 0. The molecule has 6 heteroatoms. The van der Waals surface area contributed by atoms with Crippen molar-refractivity contribution in [3.8, 4) is 0 Å². The first kappa shape index (κ1) is 22.0. The van der Waals surface area contributed by atoms with Gasteiger partial charge < -0.3 is 10.6 Å². The average molecular weight is 412 g/mol. The summed E-state index contributed by atoms with van der Waals surface area (Å²) in [5.74, 6) is -1.04. The van der Waals surface area contributed by atoms with Crippen LogP contribution >= 0.6 is 0 Å².